The van der Waals surface area contributed by atoms with Gasteiger partial charge in [0.05, 0.1) is 28.1 Å². The zero-order valence-electron chi connectivity index (χ0n) is 17.7. The van der Waals surface area contributed by atoms with Gasteiger partial charge in [-0.15, -0.1) is 0 Å². The number of aryl methyl sites for hydroxylation is 2. The number of nitrogens with zero attached hydrogens (tertiary/aromatic N) is 2. The lowest BCUT2D eigenvalue weighted by Gasteiger charge is -2.13. The Labute approximate surface area is 184 Å². The number of imide groups is 1. The van der Waals surface area contributed by atoms with Crippen molar-refractivity contribution in [2.24, 2.45) is 5.10 Å². The molecule has 32 heavy (non-hydrogen) atoms. The maximum Gasteiger partial charge on any atom is 0.280 e. The quantitative estimate of drug-likeness (QED) is 0.502. The van der Waals surface area contributed by atoms with Gasteiger partial charge in [0.1, 0.15) is 11.5 Å². The lowest BCUT2D eigenvalue weighted by Crippen LogP contribution is -2.21. The van der Waals surface area contributed by atoms with Gasteiger partial charge in [0, 0.05) is 5.56 Å². The minimum atomic E-state index is -0.421. The Bertz CT molecular complexity index is 1390. The van der Waals surface area contributed by atoms with Gasteiger partial charge in [-0.2, -0.15) is 10.1 Å². The average molecular weight is 425 g/mol. The standard InChI is InChI=1S/C25H19N3O4/c1-13-4-6-17(10-14(13)2)28-25(31)20(15(3)27-28)12-18-7-9-22(32-18)16-5-8-19-21(11-16)24(30)26-23(19)29/h4-12H,1-3H3,(H,26,29,30). The molecule has 0 spiro atoms. The van der Waals surface area contributed by atoms with Crippen molar-refractivity contribution in [2.75, 3.05) is 5.01 Å². The Morgan fingerprint density at radius 3 is 2.44 bits per heavy atom. The second-order valence-electron chi connectivity index (χ2n) is 7.87. The second-order valence-corrected chi connectivity index (χ2v) is 7.87. The monoisotopic (exact) mass is 425 g/mol. The van der Waals surface area contributed by atoms with Crippen LogP contribution in [0.5, 0.6) is 0 Å². The molecular weight excluding hydrogens is 406 g/mol. The van der Waals surface area contributed by atoms with Crippen LogP contribution in [-0.2, 0) is 4.79 Å². The average Bonchev–Trinajstić information content (AvgIpc) is 3.43. The molecule has 1 aromatic heterocycles. The molecule has 2 aliphatic heterocycles. The summed E-state index contributed by atoms with van der Waals surface area (Å²) in [5.74, 6) is -0.0325. The Morgan fingerprint density at radius 1 is 0.875 bits per heavy atom. The van der Waals surface area contributed by atoms with Crippen LogP contribution in [0, 0.1) is 13.8 Å². The normalized spacial score (nSPS) is 16.6. The first-order valence-electron chi connectivity index (χ1n) is 10.1. The molecule has 0 saturated carbocycles. The number of carbonyl (C=O) groups is 3. The molecule has 0 atom stereocenters. The highest BCUT2D eigenvalue weighted by Gasteiger charge is 2.30. The van der Waals surface area contributed by atoms with Gasteiger partial charge in [-0.25, -0.2) is 0 Å². The summed E-state index contributed by atoms with van der Waals surface area (Å²) >= 11 is 0. The van der Waals surface area contributed by atoms with Crippen molar-refractivity contribution in [1.29, 1.82) is 0 Å². The zero-order valence-corrected chi connectivity index (χ0v) is 17.7. The summed E-state index contributed by atoms with van der Waals surface area (Å²) in [6, 6.07) is 14.2. The van der Waals surface area contributed by atoms with Crippen LogP contribution in [0.4, 0.5) is 5.69 Å². The van der Waals surface area contributed by atoms with E-state index in [0.717, 1.165) is 11.1 Å². The van der Waals surface area contributed by atoms with E-state index in [0.29, 0.717) is 45.2 Å². The van der Waals surface area contributed by atoms with Crippen LogP contribution in [0.3, 0.4) is 0 Å². The molecule has 3 heterocycles. The number of fused-ring (bicyclic) bond motifs is 1. The van der Waals surface area contributed by atoms with Crippen molar-refractivity contribution in [3.63, 3.8) is 0 Å². The Kier molecular flexibility index (Phi) is 4.41. The molecule has 3 aromatic rings. The van der Waals surface area contributed by atoms with E-state index in [1.165, 1.54) is 5.01 Å². The van der Waals surface area contributed by atoms with Gasteiger partial charge in [-0.1, -0.05) is 12.1 Å². The molecule has 7 nitrogen and oxygen atoms in total. The SMILES string of the molecule is CC1=NN(c2ccc(C)c(C)c2)C(=O)C1=Cc1ccc(-c2ccc3c(c2)C(=O)NC3=O)o1. The molecule has 1 N–H and O–H groups in total. The van der Waals surface area contributed by atoms with Gasteiger partial charge in [0.2, 0.25) is 0 Å². The molecule has 0 bridgehead atoms. The predicted octanol–water partition coefficient (Wildman–Crippen LogP) is 4.25. The van der Waals surface area contributed by atoms with Crippen molar-refractivity contribution >= 4 is 35.2 Å². The maximum atomic E-state index is 13.0. The Morgan fingerprint density at radius 2 is 1.66 bits per heavy atom. The lowest BCUT2D eigenvalue weighted by atomic mass is 10.0. The topological polar surface area (TPSA) is 92.0 Å². The van der Waals surface area contributed by atoms with E-state index >= 15 is 0 Å². The van der Waals surface area contributed by atoms with Crippen molar-refractivity contribution in [3.8, 4) is 11.3 Å². The second kappa shape index (κ2) is 7.16. The summed E-state index contributed by atoms with van der Waals surface area (Å²) in [5.41, 5.74) is 5.32. The fourth-order valence-corrected chi connectivity index (χ4v) is 3.77. The molecular formula is C25H19N3O4. The summed E-state index contributed by atoms with van der Waals surface area (Å²) < 4.78 is 5.91. The maximum absolute atomic E-state index is 13.0. The van der Waals surface area contributed by atoms with Crippen molar-refractivity contribution in [3.05, 3.63) is 82.1 Å². The number of amides is 3. The van der Waals surface area contributed by atoms with E-state index < -0.39 is 11.8 Å². The van der Waals surface area contributed by atoms with Crippen LogP contribution < -0.4 is 10.3 Å². The van der Waals surface area contributed by atoms with Gasteiger partial charge in [0.15, 0.2) is 0 Å². The van der Waals surface area contributed by atoms with E-state index in [1.807, 2.05) is 32.0 Å². The number of hydrogen-bond acceptors (Lipinski definition) is 5. The summed E-state index contributed by atoms with van der Waals surface area (Å²) in [5, 5.41) is 8.09. The number of hydrazone groups is 1. The van der Waals surface area contributed by atoms with Crippen LogP contribution in [0.2, 0.25) is 0 Å². The number of carbonyl (C=O) groups excluding carboxylic acids is 3. The summed E-state index contributed by atoms with van der Waals surface area (Å²) in [4.78, 5) is 36.7. The van der Waals surface area contributed by atoms with Crippen LogP contribution >= 0.6 is 0 Å². The molecule has 0 unspecified atom stereocenters. The molecule has 0 saturated heterocycles. The number of benzene rings is 2. The molecule has 2 aromatic carbocycles. The summed E-state index contributed by atoms with van der Waals surface area (Å²) in [7, 11) is 0. The predicted molar refractivity (Wildman–Crippen MR) is 120 cm³/mol. The van der Waals surface area contributed by atoms with Gasteiger partial charge in [0.25, 0.3) is 17.7 Å². The molecule has 2 aliphatic rings. The van der Waals surface area contributed by atoms with Crippen molar-refractivity contribution in [2.45, 2.75) is 20.8 Å². The molecule has 7 heteroatoms. The van der Waals surface area contributed by atoms with E-state index in [1.54, 1.807) is 43.3 Å². The number of rotatable bonds is 3. The zero-order chi connectivity index (χ0) is 22.6. The molecule has 0 aliphatic carbocycles. The van der Waals surface area contributed by atoms with Gasteiger partial charge < -0.3 is 4.42 Å². The molecule has 5 rings (SSSR count). The summed E-state index contributed by atoms with van der Waals surface area (Å²) in [6.07, 6.45) is 1.66. The van der Waals surface area contributed by atoms with Crippen molar-refractivity contribution in [1.82, 2.24) is 5.32 Å². The smallest absolute Gasteiger partial charge is 0.280 e. The largest absolute Gasteiger partial charge is 0.457 e. The van der Waals surface area contributed by atoms with Gasteiger partial charge in [-0.3, -0.25) is 19.7 Å². The van der Waals surface area contributed by atoms with Gasteiger partial charge in [-0.05, 0) is 74.4 Å². The highest BCUT2D eigenvalue weighted by Crippen LogP contribution is 2.30. The van der Waals surface area contributed by atoms with Crippen LogP contribution in [0.1, 0.15) is 44.5 Å². The highest BCUT2D eigenvalue weighted by atomic mass is 16.3. The third kappa shape index (κ3) is 3.15. The van der Waals surface area contributed by atoms with Gasteiger partial charge >= 0.3 is 0 Å². The van der Waals surface area contributed by atoms with Crippen molar-refractivity contribution < 1.29 is 18.8 Å². The first kappa shape index (κ1) is 19.7. The first-order chi connectivity index (χ1) is 15.3. The summed E-state index contributed by atoms with van der Waals surface area (Å²) in [6.45, 7) is 5.80. The van der Waals surface area contributed by atoms with Crippen LogP contribution in [0.25, 0.3) is 17.4 Å². The van der Waals surface area contributed by atoms with E-state index in [2.05, 4.69) is 10.4 Å². The first-order valence-corrected chi connectivity index (χ1v) is 10.1. The number of hydrogen-bond donors (Lipinski definition) is 1. The van der Waals surface area contributed by atoms with E-state index in [-0.39, 0.29) is 5.91 Å². The molecule has 158 valence electrons. The Hall–Kier alpha value is -4.26. The number of nitrogens with one attached hydrogen (secondary N) is 1. The highest BCUT2D eigenvalue weighted by molar-refractivity contribution is 6.32. The Balaban J connectivity index is 1.43. The van der Waals surface area contributed by atoms with Crippen LogP contribution in [0.15, 0.2) is 63.6 Å². The third-order valence-electron chi connectivity index (χ3n) is 5.73. The molecule has 3 amide bonds. The fraction of sp³-hybridized carbons (Fsp3) is 0.120. The van der Waals surface area contributed by atoms with E-state index in [4.69, 9.17) is 4.42 Å². The molecule has 0 fully saturated rings. The third-order valence-corrected chi connectivity index (χ3v) is 5.73. The minimum Gasteiger partial charge on any atom is -0.457 e. The lowest BCUT2D eigenvalue weighted by molar-refractivity contribution is -0.114. The van der Waals surface area contributed by atoms with Crippen LogP contribution in [-0.4, -0.2) is 23.4 Å². The number of furan rings is 1. The molecule has 0 radical (unpaired) electrons. The minimum absolute atomic E-state index is 0.226. The fourth-order valence-electron chi connectivity index (χ4n) is 3.77. The number of anilines is 1. The van der Waals surface area contributed by atoms with E-state index in [9.17, 15) is 14.4 Å².